The number of phenols is 1. The second-order valence-corrected chi connectivity index (χ2v) is 8.19. The Morgan fingerprint density at radius 2 is 2.17 bits per heavy atom. The van der Waals surface area contributed by atoms with Gasteiger partial charge in [-0.15, -0.1) is 0 Å². The minimum Gasteiger partial charge on any atom is -0.503 e. The average Bonchev–Trinajstić information content (AvgIpc) is 2.74. The molecule has 2 N–H and O–H groups in total. The summed E-state index contributed by atoms with van der Waals surface area (Å²) in [4.78, 5) is 14.5. The lowest BCUT2D eigenvalue weighted by molar-refractivity contribution is -0.121. The highest BCUT2D eigenvalue weighted by molar-refractivity contribution is 6.32. The van der Waals surface area contributed by atoms with Gasteiger partial charge in [-0.2, -0.15) is 0 Å². The number of methoxy groups -OCH3 is 1. The number of hydrogen-bond donors (Lipinski definition) is 2. The van der Waals surface area contributed by atoms with Crippen LogP contribution in [0.15, 0.2) is 36.4 Å². The number of likely N-dealkylation sites (tertiary alicyclic amines) is 1. The van der Waals surface area contributed by atoms with Gasteiger partial charge in [-0.3, -0.25) is 9.69 Å². The smallest absolute Gasteiger partial charge is 0.220 e. The van der Waals surface area contributed by atoms with Gasteiger partial charge in [0.15, 0.2) is 11.5 Å². The molecule has 1 heterocycles. The van der Waals surface area contributed by atoms with E-state index in [0.29, 0.717) is 30.2 Å². The number of carbonyl (C=O) groups excluding carboxylic acids is 1. The number of amides is 1. The lowest BCUT2D eigenvalue weighted by Crippen LogP contribution is -2.35. The van der Waals surface area contributed by atoms with Crippen molar-refractivity contribution >= 4 is 17.5 Å². The van der Waals surface area contributed by atoms with Crippen LogP contribution in [0.25, 0.3) is 0 Å². The van der Waals surface area contributed by atoms with Gasteiger partial charge in [-0.05, 0) is 55.5 Å². The molecule has 0 aliphatic carbocycles. The molecule has 1 aliphatic rings. The molecule has 0 saturated carbocycles. The fraction of sp³-hybridized carbons (Fsp3) is 0.435. The monoisotopic (exact) mass is 434 g/mol. The molecule has 2 aromatic rings. The molecule has 1 atom stereocenters. The predicted octanol–water partition coefficient (Wildman–Crippen LogP) is 4.50. The van der Waals surface area contributed by atoms with Crippen molar-refractivity contribution in [3.63, 3.8) is 0 Å². The summed E-state index contributed by atoms with van der Waals surface area (Å²) in [7, 11) is 1.50. The maximum atomic E-state index is 13.6. The minimum atomic E-state index is -0.299. The highest BCUT2D eigenvalue weighted by Crippen LogP contribution is 2.35. The van der Waals surface area contributed by atoms with Crippen LogP contribution >= 0.6 is 11.6 Å². The maximum Gasteiger partial charge on any atom is 0.220 e. The quantitative estimate of drug-likeness (QED) is 0.642. The zero-order chi connectivity index (χ0) is 21.5. The number of rotatable bonds is 8. The Morgan fingerprint density at radius 1 is 1.37 bits per heavy atom. The Hall–Kier alpha value is -2.31. The van der Waals surface area contributed by atoms with E-state index in [1.807, 2.05) is 0 Å². The van der Waals surface area contributed by atoms with Crippen LogP contribution in [0.3, 0.4) is 0 Å². The van der Waals surface area contributed by atoms with Crippen LogP contribution in [0.5, 0.6) is 11.5 Å². The van der Waals surface area contributed by atoms with Gasteiger partial charge < -0.3 is 15.2 Å². The van der Waals surface area contributed by atoms with Crippen LogP contribution in [-0.2, 0) is 17.9 Å². The molecular formula is C23H28ClFN2O3. The van der Waals surface area contributed by atoms with Gasteiger partial charge in [0.25, 0.3) is 0 Å². The van der Waals surface area contributed by atoms with Crippen LogP contribution in [0.4, 0.5) is 4.39 Å². The summed E-state index contributed by atoms with van der Waals surface area (Å²) < 4.78 is 18.8. The van der Waals surface area contributed by atoms with Crippen molar-refractivity contribution in [2.24, 2.45) is 5.92 Å². The van der Waals surface area contributed by atoms with Crippen molar-refractivity contribution < 1.29 is 19.0 Å². The molecule has 1 amide bonds. The second kappa shape index (κ2) is 10.6. The van der Waals surface area contributed by atoms with E-state index >= 15 is 0 Å². The molecule has 162 valence electrons. The summed E-state index contributed by atoms with van der Waals surface area (Å²) in [6.07, 6.45) is 3.41. The Kier molecular flexibility index (Phi) is 7.94. The van der Waals surface area contributed by atoms with E-state index in [1.165, 1.54) is 13.2 Å². The first-order valence-electron chi connectivity index (χ1n) is 10.2. The number of aromatic hydroxyl groups is 1. The Bertz CT molecular complexity index is 878. The number of hydrogen-bond acceptors (Lipinski definition) is 4. The fourth-order valence-electron chi connectivity index (χ4n) is 3.92. The van der Waals surface area contributed by atoms with Gasteiger partial charge in [0, 0.05) is 31.6 Å². The first-order chi connectivity index (χ1) is 14.5. The first-order valence-corrected chi connectivity index (χ1v) is 10.6. The maximum absolute atomic E-state index is 13.6. The molecular weight excluding hydrogens is 407 g/mol. The predicted molar refractivity (Wildman–Crippen MR) is 115 cm³/mol. The van der Waals surface area contributed by atoms with Gasteiger partial charge in [-0.1, -0.05) is 29.8 Å². The third-order valence-electron chi connectivity index (χ3n) is 5.53. The van der Waals surface area contributed by atoms with E-state index in [4.69, 9.17) is 16.3 Å². The molecule has 1 saturated heterocycles. The third kappa shape index (κ3) is 6.09. The molecule has 3 rings (SSSR count). The topological polar surface area (TPSA) is 61.8 Å². The van der Waals surface area contributed by atoms with Crippen molar-refractivity contribution in [3.05, 3.63) is 58.4 Å². The summed E-state index contributed by atoms with van der Waals surface area (Å²) in [5.74, 6) is 0.419. The molecule has 0 spiro atoms. The third-order valence-corrected chi connectivity index (χ3v) is 5.82. The number of benzene rings is 2. The number of carbonyl (C=O) groups is 1. The van der Waals surface area contributed by atoms with E-state index in [1.54, 1.807) is 30.3 Å². The van der Waals surface area contributed by atoms with Crippen LogP contribution in [-0.4, -0.2) is 36.1 Å². The molecule has 30 heavy (non-hydrogen) atoms. The van der Waals surface area contributed by atoms with Crippen LogP contribution < -0.4 is 10.1 Å². The van der Waals surface area contributed by atoms with Gasteiger partial charge in [-0.25, -0.2) is 4.39 Å². The summed E-state index contributed by atoms with van der Waals surface area (Å²) in [6, 6.07) is 10.0. The van der Waals surface area contributed by atoms with Gasteiger partial charge in [0.1, 0.15) is 5.82 Å². The fourth-order valence-corrected chi connectivity index (χ4v) is 4.16. The number of phenolic OH excluding ortho intramolecular Hbond substituents is 1. The van der Waals surface area contributed by atoms with Crippen LogP contribution in [0.2, 0.25) is 5.02 Å². The molecule has 5 nitrogen and oxygen atoms in total. The number of piperidine rings is 1. The van der Waals surface area contributed by atoms with Crippen LogP contribution in [0, 0.1) is 11.7 Å². The van der Waals surface area contributed by atoms with E-state index in [0.717, 1.165) is 37.9 Å². The molecule has 0 aromatic heterocycles. The molecule has 1 unspecified atom stereocenters. The van der Waals surface area contributed by atoms with Crippen LogP contribution in [0.1, 0.15) is 36.8 Å². The van der Waals surface area contributed by atoms with E-state index in [-0.39, 0.29) is 29.0 Å². The summed E-state index contributed by atoms with van der Waals surface area (Å²) >= 11 is 6.10. The Balaban J connectivity index is 1.46. The summed E-state index contributed by atoms with van der Waals surface area (Å²) in [6.45, 7) is 2.82. The lowest BCUT2D eigenvalue weighted by Gasteiger charge is -2.32. The first kappa shape index (κ1) is 22.4. The van der Waals surface area contributed by atoms with Crippen molar-refractivity contribution in [2.45, 2.75) is 38.8 Å². The van der Waals surface area contributed by atoms with Crippen molar-refractivity contribution in [3.8, 4) is 11.5 Å². The van der Waals surface area contributed by atoms with E-state index < -0.39 is 0 Å². The van der Waals surface area contributed by atoms with E-state index in [9.17, 15) is 14.3 Å². The minimum absolute atomic E-state index is 0.0409. The largest absolute Gasteiger partial charge is 0.503 e. The highest BCUT2D eigenvalue weighted by atomic mass is 35.5. The number of nitrogens with one attached hydrogen (secondary N) is 1. The van der Waals surface area contributed by atoms with Gasteiger partial charge in [0.05, 0.1) is 12.1 Å². The van der Waals surface area contributed by atoms with Gasteiger partial charge in [0.2, 0.25) is 5.91 Å². The van der Waals surface area contributed by atoms with Crippen molar-refractivity contribution in [1.29, 1.82) is 0 Å². The summed E-state index contributed by atoms with van der Waals surface area (Å²) in [5.41, 5.74) is 1.48. The number of halogens is 2. The Labute approximate surface area is 181 Å². The van der Waals surface area contributed by atoms with Crippen molar-refractivity contribution in [1.82, 2.24) is 10.2 Å². The van der Waals surface area contributed by atoms with E-state index in [2.05, 4.69) is 10.2 Å². The molecule has 2 aromatic carbocycles. The molecule has 0 radical (unpaired) electrons. The Morgan fingerprint density at radius 3 is 2.93 bits per heavy atom. The second-order valence-electron chi connectivity index (χ2n) is 7.78. The highest BCUT2D eigenvalue weighted by Gasteiger charge is 2.21. The van der Waals surface area contributed by atoms with Gasteiger partial charge >= 0.3 is 0 Å². The zero-order valence-corrected chi connectivity index (χ0v) is 17.9. The summed E-state index contributed by atoms with van der Waals surface area (Å²) in [5, 5.41) is 13.0. The average molecular weight is 435 g/mol. The number of ether oxygens (including phenoxy) is 1. The number of nitrogens with zero attached hydrogens (tertiary/aromatic N) is 1. The molecule has 0 bridgehead atoms. The normalized spacial score (nSPS) is 17.0. The van der Waals surface area contributed by atoms with Crippen molar-refractivity contribution in [2.75, 3.05) is 20.2 Å². The lowest BCUT2D eigenvalue weighted by atomic mass is 9.93. The molecule has 1 fully saturated rings. The molecule has 1 aliphatic heterocycles. The zero-order valence-electron chi connectivity index (χ0n) is 17.2. The SMILES string of the molecule is COc1cc(CN2CCCC(CCC(=O)NCc3ccccc3F)C2)cc(Cl)c1O. The molecule has 7 heteroatoms. The standard InChI is InChI=1S/C23H28ClFN2O3/c1-30-21-12-17(11-19(24)23(21)29)15-27-10-4-5-16(14-27)8-9-22(28)26-13-18-6-2-3-7-20(18)25/h2-3,6-7,11-12,16,29H,4-5,8-10,13-15H2,1H3,(H,26,28).